The molecule has 0 bridgehead atoms. The second-order valence-electron chi connectivity index (χ2n) is 2.10. The first-order chi connectivity index (χ1) is 4.84. The first kappa shape index (κ1) is 6.86. The molecule has 0 aromatic heterocycles. The summed E-state index contributed by atoms with van der Waals surface area (Å²) in [6.07, 6.45) is 7.96. The SMILES string of the molecule is CC(=NN)N1C=CC=CC1. The predicted molar refractivity (Wildman–Crippen MR) is 42.3 cm³/mol. The van der Waals surface area contributed by atoms with Gasteiger partial charge in [-0.3, -0.25) is 0 Å². The van der Waals surface area contributed by atoms with Crippen LogP contribution in [-0.2, 0) is 0 Å². The van der Waals surface area contributed by atoms with E-state index < -0.39 is 0 Å². The molecule has 0 saturated carbocycles. The van der Waals surface area contributed by atoms with E-state index in [9.17, 15) is 0 Å². The molecule has 10 heavy (non-hydrogen) atoms. The molecular weight excluding hydrogens is 126 g/mol. The molecular formula is C7H11N3. The molecule has 0 aliphatic carbocycles. The van der Waals surface area contributed by atoms with Gasteiger partial charge >= 0.3 is 0 Å². The summed E-state index contributed by atoms with van der Waals surface area (Å²) in [5, 5.41) is 3.57. The van der Waals surface area contributed by atoms with Crippen LogP contribution >= 0.6 is 0 Å². The lowest BCUT2D eigenvalue weighted by atomic mass is 10.3. The highest BCUT2D eigenvalue weighted by Crippen LogP contribution is 1.98. The van der Waals surface area contributed by atoms with Crippen molar-refractivity contribution in [1.29, 1.82) is 0 Å². The van der Waals surface area contributed by atoms with Gasteiger partial charge in [0.25, 0.3) is 0 Å². The van der Waals surface area contributed by atoms with Gasteiger partial charge in [0, 0.05) is 12.7 Å². The standard InChI is InChI=1S/C7H11N3/c1-7(9-8)10-5-3-2-4-6-10/h2-5H,6,8H2,1H3. The second kappa shape index (κ2) is 3.06. The lowest BCUT2D eigenvalue weighted by molar-refractivity contribution is 0.608. The maximum Gasteiger partial charge on any atom is 0.125 e. The number of rotatable bonds is 0. The first-order valence-corrected chi connectivity index (χ1v) is 3.19. The van der Waals surface area contributed by atoms with E-state index in [4.69, 9.17) is 5.84 Å². The van der Waals surface area contributed by atoms with Crippen LogP contribution in [0.1, 0.15) is 6.92 Å². The Morgan fingerprint density at radius 2 is 2.40 bits per heavy atom. The van der Waals surface area contributed by atoms with E-state index in [-0.39, 0.29) is 0 Å². The summed E-state index contributed by atoms with van der Waals surface area (Å²) >= 11 is 0. The number of nitrogens with zero attached hydrogens (tertiary/aromatic N) is 2. The number of hydrazone groups is 1. The van der Waals surface area contributed by atoms with E-state index in [1.165, 1.54) is 0 Å². The van der Waals surface area contributed by atoms with Crippen LogP contribution in [0.15, 0.2) is 29.5 Å². The lowest BCUT2D eigenvalue weighted by Gasteiger charge is -2.18. The number of allylic oxidation sites excluding steroid dienone is 2. The van der Waals surface area contributed by atoms with E-state index in [0.29, 0.717) is 0 Å². The fourth-order valence-electron chi connectivity index (χ4n) is 0.782. The smallest absolute Gasteiger partial charge is 0.125 e. The lowest BCUT2D eigenvalue weighted by Crippen LogP contribution is -2.25. The molecule has 1 aliphatic rings. The zero-order valence-electron chi connectivity index (χ0n) is 5.99. The fourth-order valence-corrected chi connectivity index (χ4v) is 0.782. The second-order valence-corrected chi connectivity index (χ2v) is 2.10. The van der Waals surface area contributed by atoms with Crippen molar-refractivity contribution in [1.82, 2.24) is 4.90 Å². The van der Waals surface area contributed by atoms with Gasteiger partial charge in [-0.05, 0) is 13.0 Å². The van der Waals surface area contributed by atoms with E-state index in [2.05, 4.69) is 11.2 Å². The molecule has 2 N–H and O–H groups in total. The summed E-state index contributed by atoms with van der Waals surface area (Å²) in [6.45, 7) is 2.74. The Balaban J connectivity index is 2.59. The molecule has 1 heterocycles. The molecule has 0 atom stereocenters. The van der Waals surface area contributed by atoms with Crippen LogP contribution in [-0.4, -0.2) is 17.3 Å². The summed E-state index contributed by atoms with van der Waals surface area (Å²) < 4.78 is 0. The van der Waals surface area contributed by atoms with Crippen LogP contribution < -0.4 is 5.84 Å². The van der Waals surface area contributed by atoms with Gasteiger partial charge in [0.1, 0.15) is 5.84 Å². The van der Waals surface area contributed by atoms with Crippen LogP contribution in [0.4, 0.5) is 0 Å². The molecule has 1 aliphatic heterocycles. The maximum absolute atomic E-state index is 5.09. The van der Waals surface area contributed by atoms with Crippen molar-refractivity contribution in [3.8, 4) is 0 Å². The van der Waals surface area contributed by atoms with Crippen molar-refractivity contribution >= 4 is 5.84 Å². The van der Waals surface area contributed by atoms with Crippen LogP contribution in [0.25, 0.3) is 0 Å². The highest BCUT2D eigenvalue weighted by Gasteiger charge is 2.00. The van der Waals surface area contributed by atoms with Gasteiger partial charge in [0.15, 0.2) is 0 Å². The molecule has 0 aromatic rings. The first-order valence-electron chi connectivity index (χ1n) is 3.19. The minimum absolute atomic E-state index is 0.834. The van der Waals surface area contributed by atoms with Gasteiger partial charge in [0.2, 0.25) is 0 Å². The Kier molecular flexibility index (Phi) is 2.10. The highest BCUT2D eigenvalue weighted by atomic mass is 15.2. The Morgan fingerprint density at radius 1 is 1.60 bits per heavy atom. The quantitative estimate of drug-likeness (QED) is 0.231. The highest BCUT2D eigenvalue weighted by molar-refractivity contribution is 5.80. The summed E-state index contributed by atoms with van der Waals surface area (Å²) in [5.74, 6) is 5.93. The maximum atomic E-state index is 5.09. The molecule has 0 saturated heterocycles. The summed E-state index contributed by atoms with van der Waals surface area (Å²) in [5.41, 5.74) is 0. The molecule has 0 spiro atoms. The van der Waals surface area contributed by atoms with Crippen molar-refractivity contribution in [2.24, 2.45) is 10.9 Å². The zero-order valence-corrected chi connectivity index (χ0v) is 5.99. The van der Waals surface area contributed by atoms with E-state index in [1.54, 1.807) is 0 Å². The third-order valence-electron chi connectivity index (χ3n) is 1.42. The minimum Gasteiger partial charge on any atom is -0.331 e. The fraction of sp³-hybridized carbons (Fsp3) is 0.286. The van der Waals surface area contributed by atoms with E-state index in [1.807, 2.05) is 30.2 Å². The van der Waals surface area contributed by atoms with Gasteiger partial charge in [-0.1, -0.05) is 12.2 Å². The molecule has 54 valence electrons. The third-order valence-corrected chi connectivity index (χ3v) is 1.42. The van der Waals surface area contributed by atoms with Crippen molar-refractivity contribution in [3.05, 3.63) is 24.4 Å². The summed E-state index contributed by atoms with van der Waals surface area (Å²) in [4.78, 5) is 1.97. The number of nitrogens with two attached hydrogens (primary N) is 1. The zero-order chi connectivity index (χ0) is 7.40. The van der Waals surface area contributed by atoms with Crippen molar-refractivity contribution in [2.75, 3.05) is 6.54 Å². The van der Waals surface area contributed by atoms with Gasteiger partial charge in [0.05, 0.1) is 0 Å². The van der Waals surface area contributed by atoms with Crippen LogP contribution in [0.5, 0.6) is 0 Å². The molecule has 0 fully saturated rings. The Hall–Kier alpha value is -1.25. The average molecular weight is 137 g/mol. The molecule has 3 heteroatoms. The van der Waals surface area contributed by atoms with Gasteiger partial charge < -0.3 is 10.7 Å². The van der Waals surface area contributed by atoms with Crippen LogP contribution in [0, 0.1) is 0 Å². The number of hydrogen-bond donors (Lipinski definition) is 1. The van der Waals surface area contributed by atoms with Crippen molar-refractivity contribution in [2.45, 2.75) is 6.92 Å². The Labute approximate surface area is 60.5 Å². The summed E-state index contributed by atoms with van der Waals surface area (Å²) in [6, 6.07) is 0. The average Bonchev–Trinajstić information content (AvgIpc) is 2.05. The van der Waals surface area contributed by atoms with Crippen molar-refractivity contribution in [3.63, 3.8) is 0 Å². The summed E-state index contributed by atoms with van der Waals surface area (Å²) in [7, 11) is 0. The van der Waals surface area contributed by atoms with Gasteiger partial charge in [-0.15, -0.1) is 0 Å². The number of amidine groups is 1. The molecule has 1 rings (SSSR count). The van der Waals surface area contributed by atoms with Crippen LogP contribution in [0.3, 0.4) is 0 Å². The topological polar surface area (TPSA) is 41.6 Å². The Morgan fingerprint density at radius 3 is 2.90 bits per heavy atom. The molecule has 0 radical (unpaired) electrons. The largest absolute Gasteiger partial charge is 0.331 e. The van der Waals surface area contributed by atoms with E-state index >= 15 is 0 Å². The number of hydrogen-bond acceptors (Lipinski definition) is 2. The van der Waals surface area contributed by atoms with Crippen molar-refractivity contribution < 1.29 is 0 Å². The van der Waals surface area contributed by atoms with Gasteiger partial charge in [-0.2, -0.15) is 5.10 Å². The van der Waals surface area contributed by atoms with Crippen LogP contribution in [0.2, 0.25) is 0 Å². The molecule has 0 aromatic carbocycles. The molecule has 0 amide bonds. The van der Waals surface area contributed by atoms with E-state index in [0.717, 1.165) is 12.4 Å². The molecule has 3 nitrogen and oxygen atoms in total. The monoisotopic (exact) mass is 137 g/mol. The minimum atomic E-state index is 0.834. The Bertz CT molecular complexity index is 191. The third kappa shape index (κ3) is 1.37. The molecule has 0 unspecified atom stereocenters. The normalized spacial score (nSPS) is 18.1. The predicted octanol–water partition coefficient (Wildman–Crippen LogP) is 0.664. The van der Waals surface area contributed by atoms with Gasteiger partial charge in [-0.25, -0.2) is 0 Å².